The van der Waals surface area contributed by atoms with Crippen LogP contribution in [-0.2, 0) is 0 Å². The van der Waals surface area contributed by atoms with E-state index in [4.69, 9.17) is 28.3 Å². The maximum absolute atomic E-state index is 12.2. The number of aromatic carboxylic acids is 1. The molecule has 2 aromatic rings. The Kier molecular flexibility index (Phi) is 5.08. The summed E-state index contributed by atoms with van der Waals surface area (Å²) in [6.45, 7) is 0. The average Bonchev–Trinajstić information content (AvgIpc) is 2.43. The predicted octanol–water partition coefficient (Wildman–Crippen LogP) is 4.55. The quantitative estimate of drug-likeness (QED) is 0.549. The fourth-order valence-electron chi connectivity index (χ4n) is 1.65. The molecular weight excluding hydrogens is 428 g/mol. The molecule has 21 heavy (non-hydrogen) atoms. The van der Waals surface area contributed by atoms with Crippen LogP contribution in [0.5, 0.6) is 0 Å². The third-order valence-corrected chi connectivity index (χ3v) is 4.60. The molecule has 2 N–H and O–H groups in total. The number of rotatable bonds is 3. The monoisotopic (exact) mass is 435 g/mol. The summed E-state index contributed by atoms with van der Waals surface area (Å²) in [6.07, 6.45) is 0. The van der Waals surface area contributed by atoms with E-state index in [1.54, 1.807) is 18.2 Å². The molecule has 0 atom stereocenters. The molecule has 0 bridgehead atoms. The molecular formula is C14H8Cl2INO3. The lowest BCUT2D eigenvalue weighted by molar-refractivity contribution is 0.0696. The van der Waals surface area contributed by atoms with Gasteiger partial charge in [0.25, 0.3) is 5.91 Å². The lowest BCUT2D eigenvalue weighted by Crippen LogP contribution is -2.14. The van der Waals surface area contributed by atoms with Crippen molar-refractivity contribution >= 4 is 63.4 Å². The molecule has 0 heterocycles. The van der Waals surface area contributed by atoms with Crippen molar-refractivity contribution in [1.29, 1.82) is 0 Å². The highest BCUT2D eigenvalue weighted by Gasteiger charge is 2.15. The Morgan fingerprint density at radius 2 is 1.86 bits per heavy atom. The van der Waals surface area contributed by atoms with E-state index in [1.165, 1.54) is 18.2 Å². The third kappa shape index (κ3) is 3.87. The molecule has 0 fully saturated rings. The average molecular weight is 436 g/mol. The Bertz CT molecular complexity index is 734. The summed E-state index contributed by atoms with van der Waals surface area (Å²) in [7, 11) is 0. The van der Waals surface area contributed by atoms with Gasteiger partial charge in [-0.05, 0) is 52.9 Å². The maximum Gasteiger partial charge on any atom is 0.335 e. The number of carboxylic acids is 1. The smallest absolute Gasteiger partial charge is 0.335 e. The summed E-state index contributed by atoms with van der Waals surface area (Å²) in [5.74, 6) is -1.47. The number of hydrogen-bond acceptors (Lipinski definition) is 2. The topological polar surface area (TPSA) is 66.4 Å². The zero-order valence-corrected chi connectivity index (χ0v) is 14.0. The van der Waals surface area contributed by atoms with Gasteiger partial charge in [-0.15, -0.1) is 0 Å². The van der Waals surface area contributed by atoms with Gasteiger partial charge in [0.15, 0.2) is 0 Å². The highest BCUT2D eigenvalue weighted by Crippen LogP contribution is 2.27. The fourth-order valence-corrected chi connectivity index (χ4v) is 2.70. The minimum absolute atomic E-state index is 0.0895. The van der Waals surface area contributed by atoms with Crippen LogP contribution in [0.2, 0.25) is 10.0 Å². The highest BCUT2D eigenvalue weighted by atomic mass is 127. The van der Waals surface area contributed by atoms with Gasteiger partial charge in [-0.2, -0.15) is 0 Å². The molecule has 0 aliphatic carbocycles. The Balaban J connectivity index is 2.30. The lowest BCUT2D eigenvalue weighted by atomic mass is 10.1. The van der Waals surface area contributed by atoms with Crippen molar-refractivity contribution in [2.24, 2.45) is 0 Å². The number of hydrogen-bond donors (Lipinski definition) is 2. The van der Waals surface area contributed by atoms with Crippen molar-refractivity contribution in [3.63, 3.8) is 0 Å². The van der Waals surface area contributed by atoms with Crippen LogP contribution in [0.4, 0.5) is 5.69 Å². The first-order valence-electron chi connectivity index (χ1n) is 5.67. The van der Waals surface area contributed by atoms with E-state index in [9.17, 15) is 9.59 Å². The molecule has 0 saturated carbocycles. The van der Waals surface area contributed by atoms with Crippen molar-refractivity contribution < 1.29 is 14.7 Å². The molecule has 1 amide bonds. The lowest BCUT2D eigenvalue weighted by Gasteiger charge is -2.09. The fraction of sp³-hybridized carbons (Fsp3) is 0. The number of carbonyl (C=O) groups excluding carboxylic acids is 1. The predicted molar refractivity (Wildman–Crippen MR) is 90.5 cm³/mol. The first-order chi connectivity index (χ1) is 9.88. The van der Waals surface area contributed by atoms with Gasteiger partial charge < -0.3 is 10.4 Å². The summed E-state index contributed by atoms with van der Waals surface area (Å²) >= 11 is 13.8. The van der Waals surface area contributed by atoms with Crippen molar-refractivity contribution in [2.45, 2.75) is 0 Å². The summed E-state index contributed by atoms with van der Waals surface area (Å²) in [6, 6.07) is 9.02. The largest absolute Gasteiger partial charge is 0.478 e. The van der Waals surface area contributed by atoms with E-state index in [2.05, 4.69) is 5.32 Å². The van der Waals surface area contributed by atoms with Gasteiger partial charge in [-0.25, -0.2) is 4.79 Å². The molecule has 4 nitrogen and oxygen atoms in total. The Labute approximate surface area is 144 Å². The maximum atomic E-state index is 12.2. The van der Waals surface area contributed by atoms with Gasteiger partial charge in [-0.3, -0.25) is 4.79 Å². The standard InChI is InChI=1S/C14H8Cl2INO3/c15-8-5-10(12(17)11(16)6-8)13(19)18-9-3-1-2-7(4-9)14(20)21/h1-6H,(H,18,19)(H,20,21). The van der Waals surface area contributed by atoms with Crippen LogP contribution in [0.3, 0.4) is 0 Å². The molecule has 0 unspecified atom stereocenters. The van der Waals surface area contributed by atoms with E-state index < -0.39 is 11.9 Å². The number of nitrogens with one attached hydrogen (secondary N) is 1. The van der Waals surface area contributed by atoms with Crippen LogP contribution >= 0.6 is 45.8 Å². The van der Waals surface area contributed by atoms with E-state index in [-0.39, 0.29) is 5.56 Å². The number of amides is 1. The molecule has 108 valence electrons. The van der Waals surface area contributed by atoms with E-state index in [0.29, 0.717) is 24.9 Å². The molecule has 0 aliphatic heterocycles. The van der Waals surface area contributed by atoms with E-state index in [1.807, 2.05) is 22.6 Å². The van der Waals surface area contributed by atoms with Gasteiger partial charge in [0.2, 0.25) is 0 Å². The molecule has 0 radical (unpaired) electrons. The second-order valence-electron chi connectivity index (χ2n) is 4.09. The van der Waals surface area contributed by atoms with Gasteiger partial charge >= 0.3 is 5.97 Å². The third-order valence-electron chi connectivity index (χ3n) is 2.61. The molecule has 0 spiro atoms. The van der Waals surface area contributed by atoms with Gasteiger partial charge in [-0.1, -0.05) is 29.3 Å². The summed E-state index contributed by atoms with van der Waals surface area (Å²) in [5, 5.41) is 12.3. The van der Waals surface area contributed by atoms with Crippen LogP contribution < -0.4 is 5.32 Å². The summed E-state index contributed by atoms with van der Waals surface area (Å²) in [5.41, 5.74) is 0.798. The van der Waals surface area contributed by atoms with Crippen molar-refractivity contribution in [3.05, 3.63) is 61.1 Å². The summed E-state index contributed by atoms with van der Waals surface area (Å²) in [4.78, 5) is 23.1. The number of benzene rings is 2. The van der Waals surface area contributed by atoms with Crippen molar-refractivity contribution in [1.82, 2.24) is 0 Å². The van der Waals surface area contributed by atoms with E-state index in [0.717, 1.165) is 0 Å². The summed E-state index contributed by atoms with van der Waals surface area (Å²) < 4.78 is 0.575. The Morgan fingerprint density at radius 3 is 2.52 bits per heavy atom. The Morgan fingerprint density at radius 1 is 1.14 bits per heavy atom. The molecule has 2 aromatic carbocycles. The molecule has 7 heteroatoms. The van der Waals surface area contributed by atoms with Gasteiger partial charge in [0, 0.05) is 14.3 Å². The minimum Gasteiger partial charge on any atom is -0.478 e. The second-order valence-corrected chi connectivity index (χ2v) is 6.01. The van der Waals surface area contributed by atoms with Crippen LogP contribution in [0, 0.1) is 3.57 Å². The number of anilines is 1. The van der Waals surface area contributed by atoms with Crippen LogP contribution in [0.15, 0.2) is 36.4 Å². The SMILES string of the molecule is O=C(O)c1cccc(NC(=O)c2cc(Cl)cc(Cl)c2I)c1. The molecule has 0 saturated heterocycles. The molecule has 0 aromatic heterocycles. The molecule has 0 aliphatic rings. The van der Waals surface area contributed by atoms with E-state index >= 15 is 0 Å². The van der Waals surface area contributed by atoms with Crippen molar-refractivity contribution in [2.75, 3.05) is 5.32 Å². The minimum atomic E-state index is -1.06. The second kappa shape index (κ2) is 6.64. The number of halogens is 3. The van der Waals surface area contributed by atoms with Crippen LogP contribution in [0.1, 0.15) is 20.7 Å². The zero-order chi connectivity index (χ0) is 15.6. The first kappa shape index (κ1) is 16.1. The number of carbonyl (C=O) groups is 2. The number of carboxylic acid groups (broad SMARTS) is 1. The van der Waals surface area contributed by atoms with Crippen molar-refractivity contribution in [3.8, 4) is 0 Å². The van der Waals surface area contributed by atoms with Crippen LogP contribution in [0.25, 0.3) is 0 Å². The Hall–Kier alpha value is -1.31. The highest BCUT2D eigenvalue weighted by molar-refractivity contribution is 14.1. The molecule has 2 rings (SSSR count). The first-order valence-corrected chi connectivity index (χ1v) is 7.51. The van der Waals surface area contributed by atoms with Crippen LogP contribution in [-0.4, -0.2) is 17.0 Å². The van der Waals surface area contributed by atoms with Gasteiger partial charge in [0.1, 0.15) is 0 Å². The normalized spacial score (nSPS) is 10.2. The van der Waals surface area contributed by atoms with Gasteiger partial charge in [0.05, 0.1) is 16.1 Å². The zero-order valence-electron chi connectivity index (χ0n) is 10.4.